The molecule has 1 unspecified atom stereocenters. The van der Waals surface area contributed by atoms with Crippen molar-refractivity contribution in [3.8, 4) is 0 Å². The van der Waals surface area contributed by atoms with E-state index < -0.39 is 17.9 Å². The first-order valence-corrected chi connectivity index (χ1v) is 5.60. The first-order valence-electron chi connectivity index (χ1n) is 5.60. The minimum atomic E-state index is -1.06. The molecule has 2 N–H and O–H groups in total. The van der Waals surface area contributed by atoms with Gasteiger partial charge in [0, 0.05) is 6.54 Å². The molecule has 0 aromatic heterocycles. The zero-order valence-corrected chi connectivity index (χ0v) is 9.98. The molecule has 0 heterocycles. The van der Waals surface area contributed by atoms with Crippen LogP contribution in [-0.2, 0) is 9.59 Å². The Morgan fingerprint density at radius 3 is 2.31 bits per heavy atom. The van der Waals surface area contributed by atoms with Gasteiger partial charge >= 0.3 is 11.9 Å². The highest BCUT2D eigenvalue weighted by Crippen LogP contribution is 2.07. The number of carboxylic acid groups (broad SMARTS) is 2. The van der Waals surface area contributed by atoms with Gasteiger partial charge in [-0.15, -0.1) is 0 Å². The molecule has 5 nitrogen and oxygen atoms in total. The summed E-state index contributed by atoms with van der Waals surface area (Å²) in [7, 11) is 1.83. The number of aliphatic carboxylic acids is 2. The van der Waals surface area contributed by atoms with Crippen LogP contribution >= 0.6 is 0 Å². The van der Waals surface area contributed by atoms with Gasteiger partial charge < -0.3 is 15.1 Å². The van der Waals surface area contributed by atoms with Crippen LogP contribution < -0.4 is 0 Å². The highest BCUT2D eigenvalue weighted by atomic mass is 16.4. The molecule has 0 saturated carbocycles. The molecule has 0 fully saturated rings. The third-order valence-corrected chi connectivity index (χ3v) is 2.45. The molecule has 16 heavy (non-hydrogen) atoms. The predicted molar refractivity (Wildman–Crippen MR) is 60.4 cm³/mol. The van der Waals surface area contributed by atoms with Crippen LogP contribution in [0, 0.1) is 5.92 Å². The zero-order chi connectivity index (χ0) is 12.6. The average molecular weight is 231 g/mol. The Bertz CT molecular complexity index is 230. The lowest BCUT2D eigenvalue weighted by molar-refractivity contribution is -0.148. The summed E-state index contributed by atoms with van der Waals surface area (Å²) >= 11 is 0. The maximum absolute atomic E-state index is 10.8. The van der Waals surface area contributed by atoms with Crippen molar-refractivity contribution in [1.29, 1.82) is 0 Å². The number of carboxylic acids is 2. The van der Waals surface area contributed by atoms with Crippen LogP contribution in [0.4, 0.5) is 0 Å². The van der Waals surface area contributed by atoms with Crippen LogP contribution in [0.15, 0.2) is 0 Å². The van der Waals surface area contributed by atoms with Crippen molar-refractivity contribution >= 4 is 11.9 Å². The van der Waals surface area contributed by atoms with Gasteiger partial charge in [0.05, 0.1) is 12.3 Å². The number of rotatable bonds is 9. The van der Waals surface area contributed by atoms with Crippen LogP contribution in [0.2, 0.25) is 0 Å². The molecule has 0 bridgehead atoms. The van der Waals surface area contributed by atoms with Crippen LogP contribution in [0.3, 0.4) is 0 Å². The van der Waals surface area contributed by atoms with E-state index in [1.807, 2.05) is 11.9 Å². The number of carbonyl (C=O) groups is 2. The lowest BCUT2D eigenvalue weighted by atomic mass is 10.1. The van der Waals surface area contributed by atoms with Crippen molar-refractivity contribution in [2.75, 3.05) is 20.1 Å². The Kier molecular flexibility index (Phi) is 7.54. The molecule has 0 saturated heterocycles. The quantitative estimate of drug-likeness (QED) is 0.584. The summed E-state index contributed by atoms with van der Waals surface area (Å²) in [6.07, 6.45) is 2.94. The van der Waals surface area contributed by atoms with E-state index in [1.54, 1.807) is 0 Å². The third kappa shape index (κ3) is 7.23. The van der Waals surface area contributed by atoms with Gasteiger partial charge in [0.2, 0.25) is 0 Å². The van der Waals surface area contributed by atoms with Crippen molar-refractivity contribution < 1.29 is 19.8 Å². The average Bonchev–Trinajstić information content (AvgIpc) is 2.16. The molecule has 1 atom stereocenters. The molecule has 0 aliphatic rings. The normalized spacial score (nSPS) is 12.7. The Balaban J connectivity index is 3.98. The Labute approximate surface area is 96.1 Å². The largest absolute Gasteiger partial charge is 0.481 e. The molecule has 0 spiro atoms. The second-order valence-electron chi connectivity index (χ2n) is 4.10. The summed E-state index contributed by atoms with van der Waals surface area (Å²) in [5.74, 6) is -2.91. The highest BCUT2D eigenvalue weighted by molar-refractivity contribution is 5.77. The van der Waals surface area contributed by atoms with E-state index in [1.165, 1.54) is 0 Å². The van der Waals surface area contributed by atoms with Crippen LogP contribution in [0.25, 0.3) is 0 Å². The molecule has 0 aliphatic carbocycles. The zero-order valence-electron chi connectivity index (χ0n) is 9.98. The fourth-order valence-electron chi connectivity index (χ4n) is 1.54. The van der Waals surface area contributed by atoms with Gasteiger partial charge in [-0.05, 0) is 20.0 Å². The SMILES string of the molecule is CCCCCN(C)CC(CC(=O)O)C(=O)O. The summed E-state index contributed by atoms with van der Waals surface area (Å²) in [4.78, 5) is 23.2. The summed E-state index contributed by atoms with van der Waals surface area (Å²) < 4.78 is 0. The number of nitrogens with zero attached hydrogens (tertiary/aromatic N) is 1. The predicted octanol–water partition coefficient (Wildman–Crippen LogP) is 1.28. The first-order chi connectivity index (χ1) is 7.47. The molecule has 0 rings (SSSR count). The topological polar surface area (TPSA) is 77.8 Å². The summed E-state index contributed by atoms with van der Waals surface area (Å²) in [5.41, 5.74) is 0. The molecular weight excluding hydrogens is 210 g/mol. The van der Waals surface area contributed by atoms with Gasteiger partial charge in [-0.25, -0.2) is 0 Å². The number of hydrogen-bond acceptors (Lipinski definition) is 3. The van der Waals surface area contributed by atoms with E-state index in [-0.39, 0.29) is 6.42 Å². The van der Waals surface area contributed by atoms with Gasteiger partial charge in [-0.3, -0.25) is 9.59 Å². The van der Waals surface area contributed by atoms with Crippen molar-refractivity contribution in [2.45, 2.75) is 32.6 Å². The lowest BCUT2D eigenvalue weighted by Crippen LogP contribution is -2.32. The van der Waals surface area contributed by atoms with Crippen molar-refractivity contribution in [2.24, 2.45) is 5.92 Å². The van der Waals surface area contributed by atoms with Gasteiger partial charge in [-0.1, -0.05) is 19.8 Å². The first kappa shape index (κ1) is 14.9. The lowest BCUT2D eigenvalue weighted by Gasteiger charge is -2.20. The molecule has 0 radical (unpaired) electrons. The summed E-state index contributed by atoms with van der Waals surface area (Å²) in [6, 6.07) is 0. The van der Waals surface area contributed by atoms with Gasteiger partial charge in [-0.2, -0.15) is 0 Å². The molecule has 0 amide bonds. The fourth-order valence-corrected chi connectivity index (χ4v) is 1.54. The summed E-state index contributed by atoms with van der Waals surface area (Å²) in [6.45, 7) is 3.22. The van der Waals surface area contributed by atoms with Crippen molar-refractivity contribution in [3.05, 3.63) is 0 Å². The Hall–Kier alpha value is -1.10. The second-order valence-corrected chi connectivity index (χ2v) is 4.10. The monoisotopic (exact) mass is 231 g/mol. The van der Waals surface area contributed by atoms with Gasteiger partial charge in [0.25, 0.3) is 0 Å². The molecule has 0 aromatic rings. The van der Waals surface area contributed by atoms with E-state index >= 15 is 0 Å². The van der Waals surface area contributed by atoms with Crippen molar-refractivity contribution in [3.63, 3.8) is 0 Å². The van der Waals surface area contributed by atoms with Gasteiger partial charge in [0.1, 0.15) is 0 Å². The third-order valence-electron chi connectivity index (χ3n) is 2.45. The molecule has 94 valence electrons. The van der Waals surface area contributed by atoms with E-state index in [4.69, 9.17) is 10.2 Å². The second kappa shape index (κ2) is 8.10. The molecule has 0 aromatic carbocycles. The highest BCUT2D eigenvalue weighted by Gasteiger charge is 2.22. The van der Waals surface area contributed by atoms with E-state index in [2.05, 4.69) is 6.92 Å². The molecule has 5 heteroatoms. The summed E-state index contributed by atoms with van der Waals surface area (Å²) in [5, 5.41) is 17.4. The van der Waals surface area contributed by atoms with E-state index in [9.17, 15) is 9.59 Å². The maximum atomic E-state index is 10.8. The minimum absolute atomic E-state index is 0.297. The number of unbranched alkanes of at least 4 members (excludes halogenated alkanes) is 2. The smallest absolute Gasteiger partial charge is 0.308 e. The standard InChI is InChI=1S/C11H21NO4/c1-3-4-5-6-12(2)8-9(11(15)16)7-10(13)14/h9H,3-8H2,1-2H3,(H,13,14)(H,15,16). The fraction of sp³-hybridized carbons (Fsp3) is 0.818. The van der Waals surface area contributed by atoms with Crippen LogP contribution in [0.5, 0.6) is 0 Å². The minimum Gasteiger partial charge on any atom is -0.481 e. The molecule has 0 aliphatic heterocycles. The van der Waals surface area contributed by atoms with E-state index in [0.717, 1.165) is 25.8 Å². The number of hydrogen-bond donors (Lipinski definition) is 2. The van der Waals surface area contributed by atoms with E-state index in [0.29, 0.717) is 6.54 Å². The van der Waals surface area contributed by atoms with Crippen LogP contribution in [-0.4, -0.2) is 47.2 Å². The Morgan fingerprint density at radius 2 is 1.88 bits per heavy atom. The van der Waals surface area contributed by atoms with Crippen LogP contribution in [0.1, 0.15) is 32.6 Å². The Morgan fingerprint density at radius 1 is 1.25 bits per heavy atom. The maximum Gasteiger partial charge on any atom is 0.308 e. The van der Waals surface area contributed by atoms with Crippen molar-refractivity contribution in [1.82, 2.24) is 4.90 Å². The van der Waals surface area contributed by atoms with Gasteiger partial charge in [0.15, 0.2) is 0 Å². The molecular formula is C11H21NO4.